The summed E-state index contributed by atoms with van der Waals surface area (Å²) < 4.78 is 5.50. The van der Waals surface area contributed by atoms with E-state index >= 15 is 0 Å². The van der Waals surface area contributed by atoms with Gasteiger partial charge >= 0.3 is 0 Å². The Hall–Kier alpha value is -0.0800. The van der Waals surface area contributed by atoms with Crippen molar-refractivity contribution in [3.05, 3.63) is 0 Å². The lowest BCUT2D eigenvalue weighted by molar-refractivity contribution is -0.0804. The van der Waals surface area contributed by atoms with Gasteiger partial charge in [0.05, 0.1) is 11.7 Å². The Balaban J connectivity index is 2.42. The van der Waals surface area contributed by atoms with Crippen molar-refractivity contribution in [2.45, 2.75) is 51.2 Å². The lowest BCUT2D eigenvalue weighted by atomic mass is 9.93. The van der Waals surface area contributed by atoms with Crippen LogP contribution in [0.25, 0.3) is 0 Å². The number of ether oxygens (including phenoxy) is 1. The van der Waals surface area contributed by atoms with Crippen molar-refractivity contribution >= 4 is 0 Å². The van der Waals surface area contributed by atoms with Crippen molar-refractivity contribution in [1.29, 1.82) is 0 Å². The molecule has 0 radical (unpaired) electrons. The second-order valence-corrected chi connectivity index (χ2v) is 3.57. The van der Waals surface area contributed by atoms with E-state index in [4.69, 9.17) is 4.74 Å². The molecule has 1 saturated heterocycles. The van der Waals surface area contributed by atoms with Crippen LogP contribution in [0.15, 0.2) is 0 Å². The van der Waals surface area contributed by atoms with Gasteiger partial charge in [0.1, 0.15) is 0 Å². The lowest BCUT2D eigenvalue weighted by Crippen LogP contribution is -2.38. The second kappa shape index (κ2) is 3.55. The standard InChI is InChI=1S/C9H18O2/c1-3-5-8(10)9(2)6-4-7-11-9/h8,10H,3-7H2,1-2H3/t8-,9?/m0/s1. The van der Waals surface area contributed by atoms with Gasteiger partial charge in [-0.15, -0.1) is 0 Å². The minimum atomic E-state index is -0.269. The highest BCUT2D eigenvalue weighted by atomic mass is 16.5. The first-order valence-corrected chi connectivity index (χ1v) is 4.51. The molecule has 1 heterocycles. The Bertz CT molecular complexity index is 117. The third-order valence-corrected chi connectivity index (χ3v) is 2.52. The molecule has 2 atom stereocenters. The van der Waals surface area contributed by atoms with Crippen molar-refractivity contribution < 1.29 is 9.84 Å². The van der Waals surface area contributed by atoms with Gasteiger partial charge in [-0.2, -0.15) is 0 Å². The fraction of sp³-hybridized carbons (Fsp3) is 1.00. The van der Waals surface area contributed by atoms with Crippen LogP contribution in [0.2, 0.25) is 0 Å². The summed E-state index contributed by atoms with van der Waals surface area (Å²) in [5.41, 5.74) is -0.240. The van der Waals surface area contributed by atoms with E-state index in [9.17, 15) is 5.11 Å². The van der Waals surface area contributed by atoms with E-state index in [1.807, 2.05) is 6.92 Å². The number of rotatable bonds is 3. The predicted molar refractivity (Wildman–Crippen MR) is 44.5 cm³/mol. The van der Waals surface area contributed by atoms with Crippen molar-refractivity contribution in [3.63, 3.8) is 0 Å². The molecule has 1 unspecified atom stereocenters. The highest BCUT2D eigenvalue weighted by molar-refractivity contribution is 4.87. The molecule has 0 aromatic carbocycles. The summed E-state index contributed by atoms with van der Waals surface area (Å²) in [5, 5.41) is 9.68. The minimum absolute atomic E-state index is 0.240. The zero-order valence-corrected chi connectivity index (χ0v) is 7.47. The molecular formula is C9H18O2. The summed E-state index contributed by atoms with van der Waals surface area (Å²) in [6, 6.07) is 0. The molecule has 1 fully saturated rings. The predicted octanol–water partition coefficient (Wildman–Crippen LogP) is 1.72. The summed E-state index contributed by atoms with van der Waals surface area (Å²) in [6.45, 7) is 4.92. The van der Waals surface area contributed by atoms with Crippen LogP contribution in [0.3, 0.4) is 0 Å². The Morgan fingerprint density at radius 3 is 2.82 bits per heavy atom. The van der Waals surface area contributed by atoms with Gasteiger partial charge in [0.2, 0.25) is 0 Å². The van der Waals surface area contributed by atoms with E-state index in [2.05, 4.69) is 6.92 Å². The third kappa shape index (κ3) is 1.94. The van der Waals surface area contributed by atoms with E-state index < -0.39 is 0 Å². The summed E-state index contributed by atoms with van der Waals surface area (Å²) in [7, 11) is 0. The average Bonchev–Trinajstić information content (AvgIpc) is 2.38. The van der Waals surface area contributed by atoms with Gasteiger partial charge in [-0.05, 0) is 26.2 Å². The molecule has 0 spiro atoms. The highest BCUT2D eigenvalue weighted by Crippen LogP contribution is 2.30. The molecular weight excluding hydrogens is 140 g/mol. The smallest absolute Gasteiger partial charge is 0.0913 e. The number of hydrogen-bond acceptors (Lipinski definition) is 2. The van der Waals surface area contributed by atoms with Crippen molar-refractivity contribution in [1.82, 2.24) is 0 Å². The summed E-state index contributed by atoms with van der Waals surface area (Å²) >= 11 is 0. The maximum atomic E-state index is 9.68. The normalized spacial score (nSPS) is 34.1. The van der Waals surface area contributed by atoms with E-state index in [0.717, 1.165) is 32.3 Å². The molecule has 2 nitrogen and oxygen atoms in total. The van der Waals surface area contributed by atoms with Crippen LogP contribution in [0.5, 0.6) is 0 Å². The molecule has 0 aliphatic carbocycles. The van der Waals surface area contributed by atoms with E-state index in [1.165, 1.54) is 0 Å². The van der Waals surface area contributed by atoms with Crippen LogP contribution in [-0.4, -0.2) is 23.4 Å². The number of aliphatic hydroxyl groups excluding tert-OH is 1. The molecule has 0 aromatic rings. The van der Waals surface area contributed by atoms with Gasteiger partial charge < -0.3 is 9.84 Å². The zero-order valence-electron chi connectivity index (χ0n) is 7.47. The fourth-order valence-electron chi connectivity index (χ4n) is 1.64. The topological polar surface area (TPSA) is 29.5 Å². The second-order valence-electron chi connectivity index (χ2n) is 3.57. The molecule has 2 heteroatoms. The van der Waals surface area contributed by atoms with Crippen LogP contribution in [0, 0.1) is 0 Å². The fourth-order valence-corrected chi connectivity index (χ4v) is 1.64. The molecule has 1 rings (SSSR count). The largest absolute Gasteiger partial charge is 0.390 e. The SMILES string of the molecule is CCC[C@H](O)C1(C)CCCO1. The molecule has 1 N–H and O–H groups in total. The first-order valence-electron chi connectivity index (χ1n) is 4.51. The molecule has 0 saturated carbocycles. The highest BCUT2D eigenvalue weighted by Gasteiger charge is 2.36. The van der Waals surface area contributed by atoms with Gasteiger partial charge in [-0.1, -0.05) is 13.3 Å². The lowest BCUT2D eigenvalue weighted by Gasteiger charge is -2.28. The van der Waals surface area contributed by atoms with Crippen molar-refractivity contribution in [3.8, 4) is 0 Å². The Morgan fingerprint density at radius 1 is 1.64 bits per heavy atom. The van der Waals surface area contributed by atoms with Crippen LogP contribution >= 0.6 is 0 Å². The minimum Gasteiger partial charge on any atom is -0.390 e. The number of aliphatic hydroxyl groups is 1. The Labute approximate surface area is 68.6 Å². The summed E-state index contributed by atoms with van der Waals surface area (Å²) in [4.78, 5) is 0. The first-order chi connectivity index (χ1) is 5.19. The molecule has 0 aromatic heterocycles. The van der Waals surface area contributed by atoms with Gasteiger partial charge in [0, 0.05) is 6.61 Å². The van der Waals surface area contributed by atoms with Gasteiger partial charge in [-0.3, -0.25) is 0 Å². The molecule has 11 heavy (non-hydrogen) atoms. The van der Waals surface area contributed by atoms with Crippen LogP contribution in [-0.2, 0) is 4.74 Å². The van der Waals surface area contributed by atoms with Gasteiger partial charge in [0.15, 0.2) is 0 Å². The van der Waals surface area contributed by atoms with Gasteiger partial charge in [0.25, 0.3) is 0 Å². The van der Waals surface area contributed by atoms with Crippen molar-refractivity contribution in [2.75, 3.05) is 6.61 Å². The summed E-state index contributed by atoms with van der Waals surface area (Å²) in [5.74, 6) is 0. The summed E-state index contributed by atoms with van der Waals surface area (Å²) in [6.07, 6.45) is 3.72. The third-order valence-electron chi connectivity index (χ3n) is 2.52. The molecule has 66 valence electrons. The van der Waals surface area contributed by atoms with E-state index in [-0.39, 0.29) is 11.7 Å². The van der Waals surface area contributed by atoms with Crippen LogP contribution in [0.4, 0.5) is 0 Å². The molecule has 1 aliphatic heterocycles. The Morgan fingerprint density at radius 2 is 2.36 bits per heavy atom. The average molecular weight is 158 g/mol. The van der Waals surface area contributed by atoms with Gasteiger partial charge in [-0.25, -0.2) is 0 Å². The maximum Gasteiger partial charge on any atom is 0.0913 e. The molecule has 1 aliphatic rings. The Kier molecular flexibility index (Phi) is 2.90. The van der Waals surface area contributed by atoms with Crippen LogP contribution in [0.1, 0.15) is 39.5 Å². The maximum absolute atomic E-state index is 9.68. The number of hydrogen-bond donors (Lipinski definition) is 1. The monoisotopic (exact) mass is 158 g/mol. The molecule has 0 bridgehead atoms. The van der Waals surface area contributed by atoms with Crippen molar-refractivity contribution in [2.24, 2.45) is 0 Å². The first kappa shape index (κ1) is 9.01. The van der Waals surface area contributed by atoms with E-state index in [1.54, 1.807) is 0 Å². The zero-order chi connectivity index (χ0) is 8.32. The quantitative estimate of drug-likeness (QED) is 0.677. The van der Waals surface area contributed by atoms with Crippen LogP contribution < -0.4 is 0 Å². The van der Waals surface area contributed by atoms with E-state index in [0.29, 0.717) is 0 Å². The molecule has 0 amide bonds.